The Kier molecular flexibility index (Phi) is 4.61. The van der Waals surface area contributed by atoms with E-state index < -0.39 is 0 Å². The van der Waals surface area contributed by atoms with Crippen molar-refractivity contribution in [3.8, 4) is 0 Å². The first-order valence-corrected chi connectivity index (χ1v) is 6.84. The van der Waals surface area contributed by atoms with Crippen LogP contribution in [0.3, 0.4) is 0 Å². The van der Waals surface area contributed by atoms with Gasteiger partial charge in [-0.3, -0.25) is 4.90 Å². The van der Waals surface area contributed by atoms with Crippen molar-refractivity contribution in [3.63, 3.8) is 0 Å². The average Bonchev–Trinajstić information content (AvgIpc) is 2.40. The molecular weight excluding hydrogens is 224 g/mol. The highest BCUT2D eigenvalue weighted by molar-refractivity contribution is 5.52. The van der Waals surface area contributed by atoms with Crippen LogP contribution in [0.1, 0.15) is 18.1 Å². The van der Waals surface area contributed by atoms with Gasteiger partial charge in [-0.1, -0.05) is 19.1 Å². The van der Waals surface area contributed by atoms with Crippen molar-refractivity contribution in [1.82, 2.24) is 4.90 Å². The second-order valence-corrected chi connectivity index (χ2v) is 5.09. The highest BCUT2D eigenvalue weighted by Gasteiger charge is 2.18. The van der Waals surface area contributed by atoms with Gasteiger partial charge >= 0.3 is 0 Å². The summed E-state index contributed by atoms with van der Waals surface area (Å²) in [6.07, 6.45) is 0.304. The van der Waals surface area contributed by atoms with Gasteiger partial charge in [0.1, 0.15) is 0 Å². The van der Waals surface area contributed by atoms with Crippen LogP contribution in [0.15, 0.2) is 18.2 Å². The first-order valence-electron chi connectivity index (χ1n) is 6.84. The van der Waals surface area contributed by atoms with Gasteiger partial charge < -0.3 is 10.1 Å². The normalized spacial score (nSPS) is 20.9. The van der Waals surface area contributed by atoms with Crippen LogP contribution >= 0.6 is 0 Å². The van der Waals surface area contributed by atoms with E-state index in [1.807, 2.05) is 0 Å². The van der Waals surface area contributed by atoms with Gasteiger partial charge in [0.05, 0.1) is 12.7 Å². The molecule has 1 aromatic carbocycles. The lowest BCUT2D eigenvalue weighted by Gasteiger charge is -2.32. The Labute approximate surface area is 110 Å². The molecule has 1 aromatic rings. The predicted molar refractivity (Wildman–Crippen MR) is 76.3 cm³/mol. The number of rotatable bonds is 4. The third kappa shape index (κ3) is 3.47. The maximum atomic E-state index is 5.80. The number of ether oxygens (including phenoxy) is 1. The first kappa shape index (κ1) is 13.4. The second kappa shape index (κ2) is 6.21. The summed E-state index contributed by atoms with van der Waals surface area (Å²) in [5.41, 5.74) is 3.82. The number of likely N-dealkylation sites (N-methyl/N-ethyl adjacent to an activating group) is 1. The smallest absolute Gasteiger partial charge is 0.0874 e. The molecule has 0 aromatic heterocycles. The van der Waals surface area contributed by atoms with Gasteiger partial charge in [0.15, 0.2) is 0 Å². The zero-order valence-corrected chi connectivity index (χ0v) is 11.7. The summed E-state index contributed by atoms with van der Waals surface area (Å²) in [6, 6.07) is 6.52. The number of hydrogen-bond donors (Lipinski definition) is 1. The Morgan fingerprint density at radius 3 is 3.00 bits per heavy atom. The molecule has 3 heteroatoms. The van der Waals surface area contributed by atoms with Crippen molar-refractivity contribution in [3.05, 3.63) is 29.3 Å². The van der Waals surface area contributed by atoms with Crippen LogP contribution in [-0.2, 0) is 4.74 Å². The maximum Gasteiger partial charge on any atom is 0.0874 e. The van der Waals surface area contributed by atoms with Crippen LogP contribution in [0.25, 0.3) is 0 Å². The molecule has 1 heterocycles. The molecule has 0 radical (unpaired) electrons. The van der Waals surface area contributed by atoms with Crippen LogP contribution in [0.4, 0.5) is 5.69 Å². The molecule has 1 fully saturated rings. The van der Waals surface area contributed by atoms with E-state index in [0.717, 1.165) is 32.8 Å². The Balaban J connectivity index is 1.89. The van der Waals surface area contributed by atoms with Crippen LogP contribution in [0.2, 0.25) is 0 Å². The van der Waals surface area contributed by atoms with Gasteiger partial charge in [-0.2, -0.15) is 0 Å². The van der Waals surface area contributed by atoms with E-state index in [2.05, 4.69) is 49.2 Å². The number of nitrogens with zero attached hydrogens (tertiary/aromatic N) is 1. The standard InChI is InChI=1S/C15H24N2O/c1-4-17-7-8-18-14(11-17)10-16-15-9-12(2)5-6-13(15)3/h5-6,9,14,16H,4,7-8,10-11H2,1-3H3. The summed E-state index contributed by atoms with van der Waals surface area (Å²) in [5, 5.41) is 3.52. The lowest BCUT2D eigenvalue weighted by Crippen LogP contribution is -2.45. The topological polar surface area (TPSA) is 24.5 Å². The number of benzene rings is 1. The molecule has 1 unspecified atom stereocenters. The quantitative estimate of drug-likeness (QED) is 0.885. The minimum Gasteiger partial charge on any atom is -0.382 e. The Morgan fingerprint density at radius 2 is 2.22 bits per heavy atom. The molecule has 0 bridgehead atoms. The summed E-state index contributed by atoms with van der Waals surface area (Å²) in [6.45, 7) is 11.4. The van der Waals surface area contributed by atoms with E-state index in [4.69, 9.17) is 4.74 Å². The molecule has 0 spiro atoms. The summed E-state index contributed by atoms with van der Waals surface area (Å²) >= 11 is 0. The largest absolute Gasteiger partial charge is 0.382 e. The van der Waals surface area contributed by atoms with Crippen molar-refractivity contribution >= 4 is 5.69 Å². The molecular formula is C15H24N2O. The molecule has 3 nitrogen and oxygen atoms in total. The van der Waals surface area contributed by atoms with E-state index in [9.17, 15) is 0 Å². The van der Waals surface area contributed by atoms with Crippen molar-refractivity contribution in [2.75, 3.05) is 38.1 Å². The predicted octanol–water partition coefficient (Wildman–Crippen LogP) is 2.44. The van der Waals surface area contributed by atoms with Crippen molar-refractivity contribution in [2.45, 2.75) is 26.9 Å². The van der Waals surface area contributed by atoms with Gasteiger partial charge in [0.2, 0.25) is 0 Å². The van der Waals surface area contributed by atoms with Gasteiger partial charge in [-0.25, -0.2) is 0 Å². The van der Waals surface area contributed by atoms with Gasteiger partial charge in [0.25, 0.3) is 0 Å². The van der Waals surface area contributed by atoms with Gasteiger partial charge in [-0.15, -0.1) is 0 Å². The molecule has 0 aliphatic carbocycles. The summed E-state index contributed by atoms with van der Waals surface area (Å²) < 4.78 is 5.80. The van der Waals surface area contributed by atoms with Gasteiger partial charge in [-0.05, 0) is 37.6 Å². The highest BCUT2D eigenvalue weighted by atomic mass is 16.5. The molecule has 0 saturated carbocycles. The average molecular weight is 248 g/mol. The number of hydrogen-bond acceptors (Lipinski definition) is 3. The highest BCUT2D eigenvalue weighted by Crippen LogP contribution is 2.17. The molecule has 100 valence electrons. The summed E-state index contributed by atoms with van der Waals surface area (Å²) in [7, 11) is 0. The monoisotopic (exact) mass is 248 g/mol. The molecule has 1 N–H and O–H groups in total. The number of morpholine rings is 1. The number of nitrogens with one attached hydrogen (secondary N) is 1. The molecule has 2 rings (SSSR count). The Hall–Kier alpha value is -1.06. The fraction of sp³-hybridized carbons (Fsp3) is 0.600. The van der Waals surface area contributed by atoms with Crippen LogP contribution in [-0.4, -0.2) is 43.8 Å². The molecule has 1 saturated heterocycles. The van der Waals surface area contributed by atoms with Gasteiger partial charge in [0, 0.05) is 25.3 Å². The van der Waals surface area contributed by atoms with Crippen molar-refractivity contribution < 1.29 is 4.74 Å². The molecule has 1 atom stereocenters. The summed E-state index contributed by atoms with van der Waals surface area (Å²) in [4.78, 5) is 2.44. The minimum atomic E-state index is 0.304. The maximum absolute atomic E-state index is 5.80. The number of aryl methyl sites for hydroxylation is 2. The van der Waals surface area contributed by atoms with E-state index >= 15 is 0 Å². The molecule has 18 heavy (non-hydrogen) atoms. The van der Waals surface area contributed by atoms with E-state index in [0.29, 0.717) is 6.10 Å². The summed E-state index contributed by atoms with van der Waals surface area (Å²) in [5.74, 6) is 0. The molecule has 1 aliphatic rings. The lowest BCUT2D eigenvalue weighted by atomic mass is 10.1. The zero-order valence-electron chi connectivity index (χ0n) is 11.7. The fourth-order valence-corrected chi connectivity index (χ4v) is 2.34. The zero-order chi connectivity index (χ0) is 13.0. The van der Waals surface area contributed by atoms with Crippen LogP contribution < -0.4 is 5.32 Å². The minimum absolute atomic E-state index is 0.304. The number of anilines is 1. The molecule has 0 amide bonds. The second-order valence-electron chi connectivity index (χ2n) is 5.09. The molecule has 1 aliphatic heterocycles. The van der Waals surface area contributed by atoms with E-state index in [1.54, 1.807) is 0 Å². The van der Waals surface area contributed by atoms with Crippen molar-refractivity contribution in [2.24, 2.45) is 0 Å². The SMILES string of the molecule is CCN1CCOC(CNc2cc(C)ccc2C)C1. The van der Waals surface area contributed by atoms with Crippen molar-refractivity contribution in [1.29, 1.82) is 0 Å². The fourth-order valence-electron chi connectivity index (χ4n) is 2.34. The van der Waals surface area contributed by atoms with E-state index in [-0.39, 0.29) is 0 Å². The van der Waals surface area contributed by atoms with E-state index in [1.165, 1.54) is 16.8 Å². The Morgan fingerprint density at radius 1 is 1.39 bits per heavy atom. The third-order valence-electron chi connectivity index (χ3n) is 3.58. The lowest BCUT2D eigenvalue weighted by molar-refractivity contribution is -0.0191. The Bertz CT molecular complexity index is 392. The van der Waals surface area contributed by atoms with Crippen LogP contribution in [0.5, 0.6) is 0 Å². The third-order valence-corrected chi connectivity index (χ3v) is 3.58. The first-order chi connectivity index (χ1) is 8.69. The van der Waals surface area contributed by atoms with Crippen LogP contribution in [0, 0.1) is 13.8 Å².